The molecule has 0 radical (unpaired) electrons. The molecule has 2 amide bonds. The van der Waals surface area contributed by atoms with Crippen LogP contribution < -0.4 is 10.6 Å². The van der Waals surface area contributed by atoms with Crippen molar-refractivity contribution in [3.8, 4) is 11.8 Å². The summed E-state index contributed by atoms with van der Waals surface area (Å²) in [6.07, 6.45) is 2.49. The van der Waals surface area contributed by atoms with Gasteiger partial charge in [0.05, 0.1) is 13.1 Å². The van der Waals surface area contributed by atoms with Gasteiger partial charge in [0.15, 0.2) is 0 Å². The number of rotatable bonds is 10. The molecule has 0 saturated heterocycles. The Labute approximate surface area is 208 Å². The van der Waals surface area contributed by atoms with Crippen LogP contribution in [0.5, 0.6) is 0 Å². The predicted molar refractivity (Wildman–Crippen MR) is 133 cm³/mol. The zero-order valence-corrected chi connectivity index (χ0v) is 19.7. The summed E-state index contributed by atoms with van der Waals surface area (Å²) in [5.41, 5.74) is 2.22. The summed E-state index contributed by atoms with van der Waals surface area (Å²) >= 11 is 0. The number of hydrogen-bond donors (Lipinski definition) is 2. The molecule has 3 aromatic carbocycles. The Morgan fingerprint density at radius 1 is 0.667 bits per heavy atom. The van der Waals surface area contributed by atoms with Gasteiger partial charge in [-0.1, -0.05) is 42.5 Å². The largest absolute Gasteiger partial charge is 0.345 e. The second-order valence-corrected chi connectivity index (χ2v) is 8.22. The summed E-state index contributed by atoms with van der Waals surface area (Å²) < 4.78 is 39.6. The van der Waals surface area contributed by atoms with Crippen molar-refractivity contribution in [2.45, 2.75) is 31.6 Å². The van der Waals surface area contributed by atoms with Gasteiger partial charge >= 0.3 is 0 Å². The molecule has 0 aromatic heterocycles. The normalized spacial score (nSPS) is 10.4. The van der Waals surface area contributed by atoms with Gasteiger partial charge in [-0.25, -0.2) is 13.2 Å². The van der Waals surface area contributed by atoms with Crippen LogP contribution >= 0.6 is 0 Å². The van der Waals surface area contributed by atoms with E-state index in [-0.39, 0.29) is 42.5 Å². The summed E-state index contributed by atoms with van der Waals surface area (Å²) in [5.74, 6) is 3.99. The summed E-state index contributed by atoms with van der Waals surface area (Å²) in [4.78, 5) is 24.0. The highest BCUT2D eigenvalue weighted by Crippen LogP contribution is 2.30. The molecule has 0 aliphatic carbocycles. The van der Waals surface area contributed by atoms with Gasteiger partial charge in [-0.05, 0) is 72.5 Å². The molecule has 0 saturated carbocycles. The fraction of sp³-hybridized carbons (Fsp3) is 0.241. The van der Waals surface area contributed by atoms with E-state index in [0.717, 1.165) is 24.0 Å². The van der Waals surface area contributed by atoms with Crippen molar-refractivity contribution in [3.05, 3.63) is 107 Å². The van der Waals surface area contributed by atoms with E-state index in [1.54, 1.807) is 24.3 Å². The number of nitrogens with one attached hydrogen (secondary N) is 2. The van der Waals surface area contributed by atoms with E-state index in [1.165, 1.54) is 48.5 Å². The minimum absolute atomic E-state index is 0.0229. The molecule has 0 fully saturated rings. The van der Waals surface area contributed by atoms with E-state index >= 15 is 0 Å². The molecule has 2 N–H and O–H groups in total. The molecule has 0 spiro atoms. The van der Waals surface area contributed by atoms with E-state index in [0.29, 0.717) is 18.4 Å². The first-order valence-electron chi connectivity index (χ1n) is 11.7. The fourth-order valence-electron chi connectivity index (χ4n) is 3.73. The molecule has 0 heterocycles. The zero-order chi connectivity index (χ0) is 25.8. The highest BCUT2D eigenvalue weighted by Gasteiger charge is 2.15. The van der Waals surface area contributed by atoms with Crippen molar-refractivity contribution in [1.29, 1.82) is 0 Å². The maximum atomic E-state index is 13.4. The number of amides is 2. The third-order valence-corrected chi connectivity index (χ3v) is 5.63. The topological polar surface area (TPSA) is 58.2 Å². The molecule has 0 aliphatic heterocycles. The Morgan fingerprint density at radius 3 is 1.67 bits per heavy atom. The molecule has 3 aromatic rings. The molecule has 4 nitrogen and oxygen atoms in total. The minimum atomic E-state index is -0.414. The second kappa shape index (κ2) is 13.7. The van der Waals surface area contributed by atoms with Crippen molar-refractivity contribution >= 4 is 11.8 Å². The number of unbranched alkanes of at least 4 members (excludes halogenated alkanes) is 1. The van der Waals surface area contributed by atoms with Crippen LogP contribution in [0, 0.1) is 29.3 Å². The van der Waals surface area contributed by atoms with E-state index in [1.807, 2.05) is 0 Å². The van der Waals surface area contributed by atoms with Crippen molar-refractivity contribution in [2.75, 3.05) is 13.1 Å². The zero-order valence-electron chi connectivity index (χ0n) is 19.7. The van der Waals surface area contributed by atoms with Gasteiger partial charge in [0.25, 0.3) is 5.91 Å². The Hall–Kier alpha value is -4.05. The van der Waals surface area contributed by atoms with Gasteiger partial charge < -0.3 is 10.6 Å². The van der Waals surface area contributed by atoms with Crippen LogP contribution in [0.4, 0.5) is 13.2 Å². The molecule has 0 bridgehead atoms. The van der Waals surface area contributed by atoms with Crippen LogP contribution in [0.2, 0.25) is 0 Å². The summed E-state index contributed by atoms with van der Waals surface area (Å²) in [7, 11) is 0. The van der Waals surface area contributed by atoms with E-state index in [9.17, 15) is 22.8 Å². The maximum absolute atomic E-state index is 13.4. The summed E-state index contributed by atoms with van der Waals surface area (Å²) in [6.45, 7) is 0.277. The number of hydrogen-bond acceptors (Lipinski definition) is 2. The molecule has 36 heavy (non-hydrogen) atoms. The van der Waals surface area contributed by atoms with Crippen LogP contribution in [0.15, 0.2) is 72.8 Å². The lowest BCUT2D eigenvalue weighted by Crippen LogP contribution is -2.25. The van der Waals surface area contributed by atoms with Crippen molar-refractivity contribution in [3.63, 3.8) is 0 Å². The Bertz CT molecular complexity index is 1150. The quantitative estimate of drug-likeness (QED) is 0.296. The fourth-order valence-corrected chi connectivity index (χ4v) is 3.73. The molecule has 0 atom stereocenters. The molecule has 0 aliphatic rings. The first-order chi connectivity index (χ1) is 17.4. The van der Waals surface area contributed by atoms with Crippen LogP contribution in [-0.4, -0.2) is 24.9 Å². The number of benzene rings is 3. The molecule has 0 unspecified atom stereocenters. The van der Waals surface area contributed by atoms with E-state index < -0.39 is 5.82 Å². The lowest BCUT2D eigenvalue weighted by molar-refractivity contribution is -0.120. The van der Waals surface area contributed by atoms with Gasteiger partial charge in [-0.15, -0.1) is 0 Å². The van der Waals surface area contributed by atoms with Gasteiger partial charge in [-0.3, -0.25) is 9.59 Å². The summed E-state index contributed by atoms with van der Waals surface area (Å²) in [6, 6.07) is 17.8. The first kappa shape index (κ1) is 26.6. The number of carbonyl (C=O) groups is 2. The lowest BCUT2D eigenvalue weighted by Gasteiger charge is -2.18. The van der Waals surface area contributed by atoms with Crippen LogP contribution in [0.1, 0.15) is 53.1 Å². The molecular formula is C29H27F3N2O2. The average Bonchev–Trinajstić information content (AvgIpc) is 2.88. The number of carbonyl (C=O) groups excluding carboxylic acids is 2. The van der Waals surface area contributed by atoms with Gasteiger partial charge in [0.2, 0.25) is 5.91 Å². The van der Waals surface area contributed by atoms with E-state index in [4.69, 9.17) is 0 Å². The number of halogens is 3. The SMILES string of the molecule is O=C(CCCCC(c1ccc(F)cc1)c1ccc(F)cc1)NCC#CCNC(=O)c1ccc(F)cc1. The molecule has 186 valence electrons. The Morgan fingerprint density at radius 2 is 1.14 bits per heavy atom. The van der Waals surface area contributed by atoms with Crippen molar-refractivity contribution in [1.82, 2.24) is 10.6 Å². The van der Waals surface area contributed by atoms with Gasteiger partial charge in [0.1, 0.15) is 17.5 Å². The third-order valence-electron chi connectivity index (χ3n) is 5.63. The smallest absolute Gasteiger partial charge is 0.252 e. The van der Waals surface area contributed by atoms with E-state index in [2.05, 4.69) is 22.5 Å². The van der Waals surface area contributed by atoms with Gasteiger partial charge in [-0.2, -0.15) is 0 Å². The van der Waals surface area contributed by atoms with Gasteiger partial charge in [0, 0.05) is 17.9 Å². The monoisotopic (exact) mass is 492 g/mol. The maximum Gasteiger partial charge on any atom is 0.252 e. The van der Waals surface area contributed by atoms with Crippen LogP contribution in [0.3, 0.4) is 0 Å². The van der Waals surface area contributed by atoms with Crippen LogP contribution in [0.25, 0.3) is 0 Å². The molecule has 3 rings (SSSR count). The predicted octanol–water partition coefficient (Wildman–Crippen LogP) is 5.35. The van der Waals surface area contributed by atoms with Crippen LogP contribution in [-0.2, 0) is 4.79 Å². The highest BCUT2D eigenvalue weighted by molar-refractivity contribution is 5.94. The molecular weight excluding hydrogens is 465 g/mol. The average molecular weight is 493 g/mol. The second-order valence-electron chi connectivity index (χ2n) is 8.22. The minimum Gasteiger partial charge on any atom is -0.345 e. The van der Waals surface area contributed by atoms with Crippen molar-refractivity contribution < 1.29 is 22.8 Å². The molecule has 7 heteroatoms. The Balaban J connectivity index is 1.37. The highest BCUT2D eigenvalue weighted by atomic mass is 19.1. The lowest BCUT2D eigenvalue weighted by atomic mass is 9.87. The summed E-state index contributed by atoms with van der Waals surface area (Å²) in [5, 5.41) is 5.33. The third kappa shape index (κ3) is 8.62. The first-order valence-corrected chi connectivity index (χ1v) is 11.7. The van der Waals surface area contributed by atoms with Crippen molar-refractivity contribution in [2.24, 2.45) is 0 Å². The Kier molecular flexibility index (Phi) is 10.1. The standard InChI is InChI=1S/C29H27F3N2O2/c30-24-13-7-21(8-14-24)27(22-9-15-25(31)16-10-22)5-1-2-6-28(35)33-19-3-4-20-34-29(36)23-11-17-26(32)18-12-23/h7-18,27H,1-2,5-6,19-20H2,(H,33,35)(H,34,36).